The van der Waals surface area contributed by atoms with Gasteiger partial charge < -0.3 is 87.4 Å². The summed E-state index contributed by atoms with van der Waals surface area (Å²) in [4.78, 5) is 144. The minimum Gasteiger partial charge on any atom is -0.460 e. The number of hydrogen-bond donors (Lipinski definition) is 5. The predicted molar refractivity (Wildman–Crippen MR) is 532 cm³/mol. The van der Waals surface area contributed by atoms with Crippen molar-refractivity contribution in [2.45, 2.75) is 367 Å². The molecule has 4 saturated heterocycles. The fourth-order valence-electron chi connectivity index (χ4n) is 20.6. The normalized spacial score (nSPS) is 37.4. The molecule has 784 valence electrons. The number of fused-ring (bicyclic) bond motifs is 6. The zero-order chi connectivity index (χ0) is 104. The number of methoxy groups -OCH3 is 6. The maximum absolute atomic E-state index is 14.5. The Labute approximate surface area is 829 Å². The van der Waals surface area contributed by atoms with Gasteiger partial charge in [-0.3, -0.25) is 38.4 Å². The molecule has 8 aliphatic rings. The Morgan fingerprint density at radius 1 is 0.453 bits per heavy atom. The van der Waals surface area contributed by atoms with Gasteiger partial charge in [-0.25, -0.2) is 9.59 Å². The molecule has 0 aromatic heterocycles. The Morgan fingerprint density at radius 3 is 1.21 bits per heavy atom. The fraction of sp³-hybridized carbons (Fsp3) is 0.757. The average Bonchev–Trinajstić information content (AvgIpc) is 0.776. The van der Waals surface area contributed by atoms with Crippen molar-refractivity contribution in [2.24, 2.45) is 71.0 Å². The summed E-state index contributed by atoms with van der Waals surface area (Å²) in [5.41, 5.74) is 2.53. The fourth-order valence-corrected chi connectivity index (χ4v) is 21.0. The van der Waals surface area contributed by atoms with Crippen molar-refractivity contribution < 1.29 is 135 Å². The number of piperidine rings is 2. The highest BCUT2D eigenvalue weighted by atomic mass is 31.1. The molecule has 2 amide bonds. The van der Waals surface area contributed by atoms with E-state index in [1.165, 1.54) is 24.0 Å². The number of carbonyl (C=O) groups is 10. The van der Waals surface area contributed by atoms with Crippen molar-refractivity contribution in [1.82, 2.24) is 9.80 Å². The van der Waals surface area contributed by atoms with Crippen molar-refractivity contribution in [3.8, 4) is 0 Å². The summed E-state index contributed by atoms with van der Waals surface area (Å²) >= 11 is 0. The first-order valence-electron chi connectivity index (χ1n) is 50.7. The summed E-state index contributed by atoms with van der Waals surface area (Å²) in [6, 6.07) is -2.29. The minimum absolute atomic E-state index is 0.0133. The molecular formula is C107H170N2O28P2+2. The number of aliphatic hydroxyl groups is 5. The molecule has 32 atom stereocenters. The van der Waals surface area contributed by atoms with E-state index in [9.17, 15) is 82.6 Å². The number of hydrogen-bond acceptors (Lipinski definition) is 28. The van der Waals surface area contributed by atoms with E-state index >= 15 is 0 Å². The molecule has 4 bridgehead atoms. The van der Waals surface area contributed by atoms with Gasteiger partial charge in [0, 0.05) is 117 Å². The number of allylic oxidation sites excluding steroid dienone is 12. The Kier molecular flexibility index (Phi) is 51.6. The van der Waals surface area contributed by atoms with Crippen LogP contribution in [0.4, 0.5) is 0 Å². The second-order valence-corrected chi connectivity index (χ2v) is 44.4. The number of Topliss-reactive ketones (excluding diaryl/α,β-unsaturated/α-hetero) is 6. The first-order valence-corrected chi connectivity index (χ1v) is 54.5. The molecule has 8 rings (SSSR count). The zero-order valence-corrected chi connectivity index (χ0v) is 89.1. The minimum atomic E-state index is -2.44. The van der Waals surface area contributed by atoms with E-state index in [4.69, 9.17) is 52.1 Å². The summed E-state index contributed by atoms with van der Waals surface area (Å²) in [7, 11) is 6.77. The SMILES string of the molecule is CC[P+](C)=O.CO[C@H]1C[C@@H]2CC[C@@H](C)[C@@](O)(O2)C(=O)C(=O)N2CCCCC2C(=O)O[C@H]([C@H](C)C[C@@H]2CCC(O)[C@H](OC)C2)CC(=O)[C@H](C)/C=C(\C)[C@@H](O)[C@@H](OC)C(=O)[C@H](C)C[C@H](C)/C=C/C=CC=C1C.CO[C@H]1C[C@@H]2CC[C@@H](C)[C@@](O)(O2)C(=O)C(=O)N2CCCCC2C(=O)O[C@H]([C@H](C)C[C@@H]2CCC(OC[P+](C)=O)[C@H](OC)C2)CC(=O)[C@H](C)/C=C(\C)[C@@H](O)[C@@H](OC)C(=O)[C@H](C)C[C@H](C)/C=C/C=CC=C1C. The number of esters is 2. The largest absolute Gasteiger partial charge is 0.460 e. The highest BCUT2D eigenvalue weighted by Crippen LogP contribution is 2.43. The van der Waals surface area contributed by atoms with E-state index in [0.29, 0.717) is 127 Å². The molecule has 0 radical (unpaired) electrons. The van der Waals surface area contributed by atoms with Gasteiger partial charge in [0.05, 0.1) is 48.8 Å². The van der Waals surface area contributed by atoms with Crippen molar-refractivity contribution in [1.29, 1.82) is 0 Å². The summed E-state index contributed by atoms with van der Waals surface area (Å²) in [6.45, 7) is 30.8. The van der Waals surface area contributed by atoms with Gasteiger partial charge in [-0.1, -0.05) is 151 Å². The number of carbonyl (C=O) groups excluding carboxylic acids is 10. The molecule has 6 heterocycles. The van der Waals surface area contributed by atoms with Gasteiger partial charge in [0.15, 0.2) is 11.6 Å². The summed E-state index contributed by atoms with van der Waals surface area (Å²) in [5, 5.41) is 57.3. The second kappa shape index (κ2) is 59.2. The van der Waals surface area contributed by atoms with Gasteiger partial charge in [-0.2, -0.15) is 0 Å². The number of rotatable bonds is 16. The van der Waals surface area contributed by atoms with Gasteiger partial charge in [0.25, 0.3) is 23.4 Å². The first-order chi connectivity index (χ1) is 65.7. The van der Waals surface area contributed by atoms with E-state index in [1.807, 2.05) is 123 Å². The third-order valence-electron chi connectivity index (χ3n) is 29.8. The van der Waals surface area contributed by atoms with E-state index in [1.54, 1.807) is 95.5 Å². The lowest BCUT2D eigenvalue weighted by molar-refractivity contribution is -0.265. The molecule has 6 aliphatic heterocycles. The van der Waals surface area contributed by atoms with Gasteiger partial charge in [-0.15, -0.1) is 0 Å². The number of ether oxygens (including phenoxy) is 11. The smallest absolute Gasteiger partial charge is 0.363 e. The zero-order valence-electron chi connectivity index (χ0n) is 87.3. The first kappa shape index (κ1) is 121. The number of aliphatic hydroxyl groups excluding tert-OH is 3. The van der Waals surface area contributed by atoms with Crippen LogP contribution >= 0.6 is 15.6 Å². The average molecular weight is 1990 g/mol. The molecule has 0 aromatic rings. The van der Waals surface area contributed by atoms with Crippen molar-refractivity contribution >= 4 is 74.1 Å². The Hall–Kier alpha value is -6.54. The number of nitrogens with zero attached hydrogens (tertiary/aromatic N) is 2. The summed E-state index contributed by atoms with van der Waals surface area (Å²) < 4.78 is 86.8. The van der Waals surface area contributed by atoms with Gasteiger partial charge >= 0.3 is 27.5 Å². The van der Waals surface area contributed by atoms with Crippen LogP contribution in [0.15, 0.2) is 95.2 Å². The molecule has 139 heavy (non-hydrogen) atoms. The van der Waals surface area contributed by atoms with Crippen molar-refractivity contribution in [3.63, 3.8) is 0 Å². The summed E-state index contributed by atoms with van der Waals surface area (Å²) in [5.74, 6) is -16.0. The van der Waals surface area contributed by atoms with E-state index in [-0.39, 0.29) is 122 Å². The van der Waals surface area contributed by atoms with Crippen LogP contribution in [0.1, 0.15) is 258 Å². The van der Waals surface area contributed by atoms with Crippen LogP contribution < -0.4 is 0 Å². The molecule has 5 N–H and O–H groups in total. The van der Waals surface area contributed by atoms with Crippen LogP contribution in [-0.2, 0) is 109 Å². The molecule has 6 fully saturated rings. The topological polar surface area (TPSA) is 414 Å². The van der Waals surface area contributed by atoms with Crippen LogP contribution in [0.25, 0.3) is 0 Å². The molecule has 30 nitrogen and oxygen atoms in total. The third kappa shape index (κ3) is 35.7. The second-order valence-electron chi connectivity index (χ2n) is 41.0. The van der Waals surface area contributed by atoms with Crippen LogP contribution in [0.3, 0.4) is 0 Å². The van der Waals surface area contributed by atoms with E-state index < -0.39 is 177 Å². The maximum atomic E-state index is 14.5. The monoisotopic (exact) mass is 1990 g/mol. The molecule has 0 spiro atoms. The molecule has 6 unspecified atom stereocenters. The lowest BCUT2D eigenvalue weighted by Crippen LogP contribution is -2.61. The number of cyclic esters (lactones) is 2. The maximum Gasteiger partial charge on any atom is 0.363 e. The Balaban J connectivity index is 0.000000407. The Bertz CT molecular complexity index is 4310. The highest BCUT2D eigenvalue weighted by molar-refractivity contribution is 7.43. The van der Waals surface area contributed by atoms with Gasteiger partial charge in [0.2, 0.25) is 17.9 Å². The van der Waals surface area contributed by atoms with E-state index in [2.05, 4.69) is 0 Å². The molecule has 2 saturated carbocycles. The molecule has 32 heteroatoms. The standard InChI is InChI=1S/C53H83NO14P.C51H79NO13.C3H8OP/c1-32-17-13-12-14-18-33(2)44(63-8)29-40-22-20-38(7)53(61,68-40)50(58)51(59)54-24-16-15-19-41(54)52(60)67-45(35(4)27-39-21-23-43(46(28-39)64-9)66-31-69(11)62)30-42(55)34(3)26-37(6)48(57)49(65-10)47(56)36(5)25-32;1-30-16-12-11-13-17-31(2)42(61-8)28-38-21-19-36(7)51(60,65-38)48(57)49(58)52-23-15-14-18-39(52)50(59)64-43(33(4)26-37-20-22-40(53)44(27-37)62-9)29-41(54)32(3)25-35(6)46(56)47(63-10)45(55)34(5)24-30;1-3-5(2)4/h12-14,17-18,26,32,34-36,38-41,43-46,48-49,57,61H,15-16,19-25,27-31H2,1-11H3;11-13,16-17,25,30,32-34,36-40,42-44,46-47,53,56,60H,14-15,18-24,26-29H2,1-10H3;3H2,1-2H3/q+1;;+1/b14-12?,17-13+,33-18?,37-26+;13-11?,16-12+,31-17?,35-25+;/t32-,34-,35-,36-,38-,39+,40+,41?,43?,44+,45+,46-,48-,49+,53-;30-,32-,33-,34-,36-,37+,38+,39?,40?,42+,43+,44-,46-,47+,51-;/m11./s1. The lowest BCUT2D eigenvalue weighted by atomic mass is 9.78. The number of amides is 2. The van der Waals surface area contributed by atoms with Crippen LogP contribution in [0.5, 0.6) is 0 Å². The molecular weight excluding hydrogens is 1820 g/mol. The Morgan fingerprint density at radius 2 is 0.842 bits per heavy atom. The highest BCUT2D eigenvalue weighted by Gasteiger charge is 2.56. The lowest BCUT2D eigenvalue weighted by Gasteiger charge is -2.42. The van der Waals surface area contributed by atoms with Crippen molar-refractivity contribution in [3.05, 3.63) is 95.2 Å². The molecule has 2 aliphatic carbocycles. The predicted octanol–water partition coefficient (Wildman–Crippen LogP) is 15.3. The van der Waals surface area contributed by atoms with E-state index in [0.717, 1.165) is 30.1 Å². The molecule has 0 aromatic carbocycles. The summed E-state index contributed by atoms with van der Waals surface area (Å²) in [6.07, 6.45) is 23.9. The quantitative estimate of drug-likeness (QED) is 0.0415. The number of ketones is 6. The van der Waals surface area contributed by atoms with Crippen LogP contribution in [-0.4, -0.2) is 284 Å². The third-order valence-corrected chi connectivity index (χ3v) is 31.3. The van der Waals surface area contributed by atoms with Crippen LogP contribution in [0.2, 0.25) is 0 Å². The van der Waals surface area contributed by atoms with Crippen molar-refractivity contribution in [2.75, 3.05) is 81.6 Å². The van der Waals surface area contributed by atoms with Gasteiger partial charge in [-0.05, 0) is 221 Å². The van der Waals surface area contributed by atoms with Crippen LogP contribution in [0, 0.1) is 71.0 Å². The van der Waals surface area contributed by atoms with Gasteiger partial charge in [0.1, 0.15) is 79.8 Å².